The molecule has 0 unspecified atom stereocenters. The molecule has 0 atom stereocenters. The first-order valence-electron chi connectivity index (χ1n) is 8.63. The van der Waals surface area contributed by atoms with Crippen molar-refractivity contribution in [3.8, 4) is 11.5 Å². The maximum Gasteiger partial charge on any atom is 0.407 e. The van der Waals surface area contributed by atoms with Crippen molar-refractivity contribution in [2.75, 3.05) is 27.4 Å². The Bertz CT molecular complexity index is 660. The first-order valence-corrected chi connectivity index (χ1v) is 9.42. The lowest BCUT2D eigenvalue weighted by Crippen LogP contribution is -2.38. The van der Waals surface area contributed by atoms with Crippen molar-refractivity contribution < 1.29 is 28.5 Å². The van der Waals surface area contributed by atoms with E-state index < -0.39 is 11.7 Å². The molecule has 0 spiro atoms. The molecule has 1 N–H and O–H groups in total. The average molecular weight is 446 g/mol. The molecule has 0 radical (unpaired) electrons. The molecule has 0 aromatic heterocycles. The normalized spacial score (nSPS) is 11.1. The van der Waals surface area contributed by atoms with Gasteiger partial charge in [0.1, 0.15) is 23.7 Å². The molecule has 1 amide bonds. The quantitative estimate of drug-likeness (QED) is 0.583. The van der Waals surface area contributed by atoms with E-state index in [1.807, 2.05) is 12.1 Å². The number of carbonyl (C=O) groups is 2. The molecule has 8 heteroatoms. The largest absolute Gasteiger partial charge is 0.496 e. The van der Waals surface area contributed by atoms with Crippen molar-refractivity contribution in [3.05, 3.63) is 22.2 Å². The van der Waals surface area contributed by atoms with Crippen LogP contribution in [0.4, 0.5) is 4.79 Å². The third-order valence-corrected chi connectivity index (χ3v) is 4.24. The first kappa shape index (κ1) is 23.1. The van der Waals surface area contributed by atoms with Crippen molar-refractivity contribution >= 4 is 28.0 Å². The number of alkyl carbamates (subject to hydrolysis) is 1. The predicted octanol–water partition coefficient (Wildman–Crippen LogP) is 3.71. The van der Waals surface area contributed by atoms with Gasteiger partial charge in [-0.2, -0.15) is 0 Å². The number of hydrogen-bond acceptors (Lipinski definition) is 6. The van der Waals surface area contributed by atoms with Crippen LogP contribution < -0.4 is 14.8 Å². The van der Waals surface area contributed by atoms with Gasteiger partial charge in [-0.05, 0) is 53.9 Å². The Kier molecular flexibility index (Phi) is 8.88. The molecule has 1 aromatic carbocycles. The Labute approximate surface area is 168 Å². The number of amides is 1. The minimum Gasteiger partial charge on any atom is -0.496 e. The molecule has 0 saturated carbocycles. The van der Waals surface area contributed by atoms with E-state index in [0.717, 1.165) is 10.0 Å². The Morgan fingerprint density at radius 2 is 1.78 bits per heavy atom. The highest BCUT2D eigenvalue weighted by Crippen LogP contribution is 2.32. The lowest BCUT2D eigenvalue weighted by molar-refractivity contribution is -0.163. The Morgan fingerprint density at radius 3 is 2.33 bits per heavy atom. The van der Waals surface area contributed by atoms with Crippen LogP contribution in [0.2, 0.25) is 0 Å². The number of benzene rings is 1. The highest BCUT2D eigenvalue weighted by Gasteiger charge is 2.26. The fraction of sp³-hybridized carbons (Fsp3) is 0.579. The van der Waals surface area contributed by atoms with Gasteiger partial charge in [-0.1, -0.05) is 13.8 Å². The number of rotatable bonds is 9. The molecule has 1 rings (SSSR count). The van der Waals surface area contributed by atoms with Gasteiger partial charge in [-0.15, -0.1) is 0 Å². The molecule has 0 fully saturated rings. The SMILES string of the molecule is COc1cc(CCNC(=O)OCC(C)(C)OC(=O)C(C)C)c(OC)cc1Br. The second kappa shape index (κ2) is 10.4. The highest BCUT2D eigenvalue weighted by molar-refractivity contribution is 9.10. The van der Waals surface area contributed by atoms with Crippen LogP contribution in [-0.4, -0.2) is 45.0 Å². The summed E-state index contributed by atoms with van der Waals surface area (Å²) in [5, 5.41) is 2.67. The van der Waals surface area contributed by atoms with E-state index in [-0.39, 0.29) is 18.5 Å². The van der Waals surface area contributed by atoms with Crippen LogP contribution in [0.1, 0.15) is 33.3 Å². The summed E-state index contributed by atoms with van der Waals surface area (Å²) in [5.74, 6) is 0.804. The van der Waals surface area contributed by atoms with Gasteiger partial charge in [0.05, 0.1) is 24.6 Å². The molecular weight excluding hydrogens is 418 g/mol. The number of esters is 1. The van der Waals surface area contributed by atoms with E-state index in [1.54, 1.807) is 41.9 Å². The lowest BCUT2D eigenvalue weighted by Gasteiger charge is -2.25. The molecule has 0 bridgehead atoms. The molecular formula is C19H28BrNO6. The van der Waals surface area contributed by atoms with Gasteiger partial charge < -0.3 is 24.3 Å². The fourth-order valence-electron chi connectivity index (χ4n) is 2.13. The monoisotopic (exact) mass is 445 g/mol. The van der Waals surface area contributed by atoms with Gasteiger partial charge in [-0.25, -0.2) is 4.79 Å². The van der Waals surface area contributed by atoms with Crippen molar-refractivity contribution in [1.29, 1.82) is 0 Å². The van der Waals surface area contributed by atoms with Crippen LogP contribution in [0, 0.1) is 5.92 Å². The third kappa shape index (κ3) is 7.66. The maximum absolute atomic E-state index is 11.9. The van der Waals surface area contributed by atoms with E-state index in [0.29, 0.717) is 24.5 Å². The zero-order valence-electron chi connectivity index (χ0n) is 16.7. The Hall–Kier alpha value is -1.96. The molecule has 0 aliphatic heterocycles. The molecule has 0 aliphatic rings. The molecule has 0 aliphatic carbocycles. The second-order valence-electron chi connectivity index (χ2n) is 6.89. The zero-order chi connectivity index (χ0) is 20.6. The molecule has 7 nitrogen and oxygen atoms in total. The highest BCUT2D eigenvalue weighted by atomic mass is 79.9. The summed E-state index contributed by atoms with van der Waals surface area (Å²) >= 11 is 3.41. The van der Waals surface area contributed by atoms with Gasteiger partial charge in [0.25, 0.3) is 0 Å². The van der Waals surface area contributed by atoms with Crippen LogP contribution in [0.3, 0.4) is 0 Å². The van der Waals surface area contributed by atoms with E-state index in [4.69, 9.17) is 18.9 Å². The number of halogens is 1. The van der Waals surface area contributed by atoms with Crippen LogP contribution >= 0.6 is 15.9 Å². The van der Waals surface area contributed by atoms with Crippen molar-refractivity contribution in [3.63, 3.8) is 0 Å². The van der Waals surface area contributed by atoms with Crippen LogP contribution in [-0.2, 0) is 20.7 Å². The van der Waals surface area contributed by atoms with Crippen molar-refractivity contribution in [1.82, 2.24) is 5.32 Å². The standard InChI is InChI=1S/C19H28BrNO6/c1-12(2)17(22)27-19(3,4)11-26-18(23)21-8-7-13-9-16(25-6)14(20)10-15(13)24-5/h9-10,12H,7-8,11H2,1-6H3,(H,21,23). The molecule has 0 saturated heterocycles. The van der Waals surface area contributed by atoms with E-state index in [9.17, 15) is 9.59 Å². The minimum absolute atomic E-state index is 0.0350. The van der Waals surface area contributed by atoms with Gasteiger partial charge in [-0.3, -0.25) is 4.79 Å². The Morgan fingerprint density at radius 1 is 1.15 bits per heavy atom. The number of methoxy groups -OCH3 is 2. The summed E-state index contributed by atoms with van der Waals surface area (Å²) < 4.78 is 21.9. The average Bonchev–Trinajstić information content (AvgIpc) is 2.60. The summed E-state index contributed by atoms with van der Waals surface area (Å²) in [7, 11) is 3.17. The van der Waals surface area contributed by atoms with Crippen molar-refractivity contribution in [2.45, 2.75) is 39.7 Å². The first-order chi connectivity index (χ1) is 12.6. The van der Waals surface area contributed by atoms with E-state index >= 15 is 0 Å². The number of carbonyl (C=O) groups excluding carboxylic acids is 2. The van der Waals surface area contributed by atoms with Crippen molar-refractivity contribution in [2.24, 2.45) is 5.92 Å². The summed E-state index contributed by atoms with van der Waals surface area (Å²) in [4.78, 5) is 23.6. The predicted molar refractivity (Wildman–Crippen MR) is 105 cm³/mol. The summed E-state index contributed by atoms with van der Waals surface area (Å²) in [6.45, 7) is 7.20. The van der Waals surface area contributed by atoms with E-state index in [2.05, 4.69) is 21.2 Å². The van der Waals surface area contributed by atoms with Gasteiger partial charge in [0.15, 0.2) is 0 Å². The molecule has 152 valence electrons. The topological polar surface area (TPSA) is 83.1 Å². The molecule has 27 heavy (non-hydrogen) atoms. The fourth-order valence-corrected chi connectivity index (χ4v) is 2.61. The maximum atomic E-state index is 11.9. The lowest BCUT2D eigenvalue weighted by atomic mass is 10.1. The van der Waals surface area contributed by atoms with E-state index in [1.165, 1.54) is 0 Å². The zero-order valence-corrected chi connectivity index (χ0v) is 18.3. The smallest absolute Gasteiger partial charge is 0.407 e. The summed E-state index contributed by atoms with van der Waals surface area (Å²) in [5.41, 5.74) is 0.00472. The van der Waals surface area contributed by atoms with Crippen LogP contribution in [0.15, 0.2) is 16.6 Å². The third-order valence-electron chi connectivity index (χ3n) is 3.62. The number of nitrogens with one attached hydrogen (secondary N) is 1. The van der Waals surface area contributed by atoms with Crippen LogP contribution in [0.5, 0.6) is 11.5 Å². The van der Waals surface area contributed by atoms with Gasteiger partial charge in [0.2, 0.25) is 0 Å². The van der Waals surface area contributed by atoms with Gasteiger partial charge in [0, 0.05) is 6.54 Å². The molecule has 0 heterocycles. The molecule has 1 aromatic rings. The number of ether oxygens (including phenoxy) is 4. The van der Waals surface area contributed by atoms with Gasteiger partial charge >= 0.3 is 12.1 Å². The Balaban J connectivity index is 2.51. The minimum atomic E-state index is -0.888. The summed E-state index contributed by atoms with van der Waals surface area (Å²) in [6.07, 6.45) is -0.0418. The van der Waals surface area contributed by atoms with Crippen LogP contribution in [0.25, 0.3) is 0 Å². The number of hydrogen-bond donors (Lipinski definition) is 1. The second-order valence-corrected chi connectivity index (χ2v) is 7.74. The summed E-state index contributed by atoms with van der Waals surface area (Å²) in [6, 6.07) is 3.67.